The van der Waals surface area contributed by atoms with Gasteiger partial charge < -0.3 is 30.9 Å². The molecular weight excluding hydrogens is 320 g/mol. The van der Waals surface area contributed by atoms with Gasteiger partial charge in [0, 0.05) is 17.7 Å². The van der Waals surface area contributed by atoms with E-state index in [9.17, 15) is 18.4 Å². The van der Waals surface area contributed by atoms with E-state index in [0.29, 0.717) is 12.0 Å². The number of benzene rings is 1. The maximum absolute atomic E-state index is 13.1. The zero-order valence-electron chi connectivity index (χ0n) is 11.6. The summed E-state index contributed by atoms with van der Waals surface area (Å²) >= 11 is 0. The van der Waals surface area contributed by atoms with Crippen LogP contribution in [0, 0.1) is 11.6 Å². The molecule has 0 amide bonds. The van der Waals surface area contributed by atoms with Crippen LogP contribution in [0.2, 0.25) is 0 Å². The summed E-state index contributed by atoms with van der Waals surface area (Å²) in [4.78, 5) is 19.5. The van der Waals surface area contributed by atoms with E-state index in [1.807, 2.05) is 0 Å². The van der Waals surface area contributed by atoms with Crippen LogP contribution < -0.4 is 10.5 Å². The highest BCUT2D eigenvalue weighted by Crippen LogP contribution is 2.28. The number of hydrogen-bond donors (Lipinski definition) is 5. The normalized spacial score (nSPS) is 18.6. The lowest BCUT2D eigenvalue weighted by Gasteiger charge is -2.22. The summed E-state index contributed by atoms with van der Waals surface area (Å²) in [7, 11) is 0. The highest BCUT2D eigenvalue weighted by atomic mass is 19.1. The molecule has 0 spiro atoms. The van der Waals surface area contributed by atoms with Gasteiger partial charge in [0.05, 0.1) is 0 Å². The van der Waals surface area contributed by atoms with Crippen LogP contribution in [-0.4, -0.2) is 57.2 Å². The molecule has 1 aromatic rings. The molecule has 0 fully saturated rings. The lowest BCUT2D eigenvalue weighted by molar-refractivity contribution is -0.165. The first-order chi connectivity index (χ1) is 10.6. The van der Waals surface area contributed by atoms with Crippen LogP contribution in [0.4, 0.5) is 8.78 Å². The minimum Gasteiger partial charge on any atom is -0.489 e. The molecule has 1 aliphatic rings. The number of carboxylic acid groups (broad SMARTS) is 2. The molecule has 0 radical (unpaired) electrons. The summed E-state index contributed by atoms with van der Waals surface area (Å²) in [5, 5.41) is 32.5. The molecule has 0 saturated carbocycles. The number of fused-ring (bicyclic) bond motifs is 1. The molecule has 2 unspecified atom stereocenters. The zero-order chi connectivity index (χ0) is 17.7. The molecule has 2 rings (SSSR count). The van der Waals surface area contributed by atoms with Gasteiger partial charge >= 0.3 is 11.9 Å². The smallest absolute Gasteiger partial charge is 0.335 e. The standard InChI is InChI=1S/C9H9F2NO.C4H6O6/c10-6-1-5-2-7(12)4-13-9(5)8(11)3-6;5-1(3(7)8)2(6)4(9)10/h1,3,7H,2,4,12H2;1-2,5-6H,(H,7,8)(H,9,10)/t7-;/m1./s1. The fourth-order valence-corrected chi connectivity index (χ4v) is 1.73. The van der Waals surface area contributed by atoms with Crippen LogP contribution >= 0.6 is 0 Å². The SMILES string of the molecule is N[C@H]1COc2c(F)cc(F)cc2C1.O=C(O)C(O)C(O)C(=O)O. The Morgan fingerprint density at radius 2 is 1.70 bits per heavy atom. The van der Waals surface area contributed by atoms with E-state index in [-0.39, 0.29) is 18.4 Å². The van der Waals surface area contributed by atoms with E-state index in [1.165, 1.54) is 6.07 Å². The van der Waals surface area contributed by atoms with E-state index in [2.05, 4.69) is 0 Å². The number of ether oxygens (including phenoxy) is 1. The minimum atomic E-state index is -2.27. The third-order valence-electron chi connectivity index (χ3n) is 2.81. The summed E-state index contributed by atoms with van der Waals surface area (Å²) < 4.78 is 30.9. The van der Waals surface area contributed by atoms with E-state index < -0.39 is 35.8 Å². The van der Waals surface area contributed by atoms with Crippen LogP contribution in [0.3, 0.4) is 0 Å². The highest BCUT2D eigenvalue weighted by Gasteiger charge is 2.29. The van der Waals surface area contributed by atoms with Gasteiger partial charge in [0.25, 0.3) is 0 Å². The topological polar surface area (TPSA) is 150 Å². The van der Waals surface area contributed by atoms with Gasteiger partial charge in [-0.05, 0) is 12.5 Å². The van der Waals surface area contributed by atoms with Gasteiger partial charge in [0.2, 0.25) is 0 Å². The first kappa shape index (κ1) is 18.7. The van der Waals surface area contributed by atoms with E-state index >= 15 is 0 Å². The Bertz CT molecular complexity index is 578. The summed E-state index contributed by atoms with van der Waals surface area (Å²) in [6.45, 7) is 0.287. The average Bonchev–Trinajstić information content (AvgIpc) is 2.45. The fourth-order valence-electron chi connectivity index (χ4n) is 1.73. The van der Waals surface area contributed by atoms with Gasteiger partial charge in [-0.25, -0.2) is 18.4 Å². The van der Waals surface area contributed by atoms with Crippen molar-refractivity contribution in [2.24, 2.45) is 5.73 Å². The van der Waals surface area contributed by atoms with Crippen molar-refractivity contribution >= 4 is 11.9 Å². The Balaban J connectivity index is 0.000000241. The largest absolute Gasteiger partial charge is 0.489 e. The van der Waals surface area contributed by atoms with Crippen LogP contribution in [0.1, 0.15) is 5.56 Å². The average molecular weight is 335 g/mol. The zero-order valence-corrected chi connectivity index (χ0v) is 11.6. The van der Waals surface area contributed by atoms with E-state index in [1.54, 1.807) is 0 Å². The second-order valence-corrected chi connectivity index (χ2v) is 4.72. The highest BCUT2D eigenvalue weighted by molar-refractivity contribution is 5.83. The Labute approximate surface area is 128 Å². The molecule has 0 aliphatic carbocycles. The Kier molecular flexibility index (Phi) is 6.37. The first-order valence-corrected chi connectivity index (χ1v) is 6.31. The number of aliphatic hydroxyl groups excluding tert-OH is 2. The summed E-state index contributed by atoms with van der Waals surface area (Å²) in [6, 6.07) is 1.90. The maximum Gasteiger partial charge on any atom is 0.335 e. The quantitative estimate of drug-likeness (QED) is 0.477. The number of aliphatic carboxylic acids is 2. The second kappa shape index (κ2) is 7.81. The van der Waals surface area contributed by atoms with Crippen molar-refractivity contribution in [2.75, 3.05) is 6.61 Å². The van der Waals surface area contributed by atoms with Gasteiger partial charge in [-0.3, -0.25) is 0 Å². The lowest BCUT2D eigenvalue weighted by Crippen LogP contribution is -2.39. The van der Waals surface area contributed by atoms with Crippen molar-refractivity contribution in [2.45, 2.75) is 24.7 Å². The van der Waals surface area contributed by atoms with Crippen molar-refractivity contribution in [1.82, 2.24) is 0 Å². The number of carbonyl (C=O) groups is 2. The number of rotatable bonds is 3. The molecule has 10 heteroatoms. The molecule has 0 aromatic heterocycles. The molecule has 1 aliphatic heterocycles. The molecule has 8 nitrogen and oxygen atoms in total. The number of carboxylic acids is 2. The minimum absolute atomic E-state index is 0.142. The van der Waals surface area contributed by atoms with Crippen molar-refractivity contribution in [3.05, 3.63) is 29.3 Å². The maximum atomic E-state index is 13.1. The van der Waals surface area contributed by atoms with Crippen molar-refractivity contribution < 1.29 is 43.5 Å². The fraction of sp³-hybridized carbons (Fsp3) is 0.385. The van der Waals surface area contributed by atoms with Crippen molar-refractivity contribution in [3.8, 4) is 5.75 Å². The molecule has 128 valence electrons. The lowest BCUT2D eigenvalue weighted by atomic mass is 10.0. The number of hydrogen-bond acceptors (Lipinski definition) is 6. The molecule has 3 atom stereocenters. The summed E-state index contributed by atoms with van der Waals surface area (Å²) in [5.74, 6) is -4.64. The molecule has 6 N–H and O–H groups in total. The van der Waals surface area contributed by atoms with Crippen molar-refractivity contribution in [1.29, 1.82) is 0 Å². The van der Waals surface area contributed by atoms with Crippen LogP contribution in [0.15, 0.2) is 12.1 Å². The Morgan fingerprint density at radius 3 is 2.17 bits per heavy atom. The Morgan fingerprint density at radius 1 is 1.17 bits per heavy atom. The molecular formula is C13H15F2NO7. The number of nitrogens with two attached hydrogens (primary N) is 1. The second-order valence-electron chi connectivity index (χ2n) is 4.72. The van der Waals surface area contributed by atoms with E-state index in [4.69, 9.17) is 30.9 Å². The first-order valence-electron chi connectivity index (χ1n) is 6.31. The molecule has 1 heterocycles. The van der Waals surface area contributed by atoms with Gasteiger partial charge in [0.15, 0.2) is 23.8 Å². The van der Waals surface area contributed by atoms with Gasteiger partial charge in [-0.2, -0.15) is 0 Å². The van der Waals surface area contributed by atoms with Crippen LogP contribution in [-0.2, 0) is 16.0 Å². The van der Waals surface area contributed by atoms with Gasteiger partial charge in [-0.15, -0.1) is 0 Å². The third kappa shape index (κ3) is 5.13. The third-order valence-corrected chi connectivity index (χ3v) is 2.81. The summed E-state index contributed by atoms with van der Waals surface area (Å²) in [6.07, 6.45) is -4.07. The molecule has 23 heavy (non-hydrogen) atoms. The predicted molar refractivity (Wildman–Crippen MR) is 70.8 cm³/mol. The monoisotopic (exact) mass is 335 g/mol. The summed E-state index contributed by atoms with van der Waals surface area (Å²) in [5.41, 5.74) is 6.09. The molecule has 0 saturated heterocycles. The van der Waals surface area contributed by atoms with Gasteiger partial charge in [-0.1, -0.05) is 0 Å². The number of aliphatic hydroxyl groups is 2. The molecule has 0 bridgehead atoms. The van der Waals surface area contributed by atoms with Crippen LogP contribution in [0.25, 0.3) is 0 Å². The number of halogens is 2. The van der Waals surface area contributed by atoms with Crippen molar-refractivity contribution in [3.63, 3.8) is 0 Å². The Hall–Kier alpha value is -2.30. The van der Waals surface area contributed by atoms with E-state index in [0.717, 1.165) is 6.07 Å². The van der Waals surface area contributed by atoms with Gasteiger partial charge in [0.1, 0.15) is 12.4 Å². The van der Waals surface area contributed by atoms with Crippen LogP contribution in [0.5, 0.6) is 5.75 Å². The predicted octanol–water partition coefficient (Wildman–Crippen LogP) is -0.896. The molecule has 1 aromatic carbocycles.